The molecule has 0 aliphatic rings. The highest BCUT2D eigenvalue weighted by atomic mass is 35.5. The van der Waals surface area contributed by atoms with E-state index in [1.165, 1.54) is 24.0 Å². The molecule has 0 unspecified atom stereocenters. The number of carbonyl (C=O) groups is 1. The summed E-state index contributed by atoms with van der Waals surface area (Å²) >= 11 is 6.51. The van der Waals surface area contributed by atoms with E-state index in [-0.39, 0.29) is 11.3 Å². The number of hydrogen-bond donors (Lipinski definition) is 1. The zero-order valence-electron chi connectivity index (χ0n) is 22.4. The Hall–Kier alpha value is -3.38. The minimum Gasteiger partial charge on any atom is -0.478 e. The number of anilines is 1. The summed E-state index contributed by atoms with van der Waals surface area (Å²) in [5.41, 5.74) is 4.01. The second kappa shape index (κ2) is 10.5. The maximum absolute atomic E-state index is 13.2. The number of fused-ring (bicyclic) bond motifs is 1. The standard InChI is InChI=1S/C30H35ClN4O2/c1-7-8-9-20-10-14-22(15-11-20)35-33-26-18-24(31)25(19-27(26)34-35)32-28(36)30(5,6)37-23-16-12-21(13-17-23)29(2,3)4/h10-19H,7-9H2,1-6H3,(H,32,36). The fraction of sp³-hybridized carbons (Fsp3) is 0.367. The van der Waals surface area contributed by atoms with E-state index in [1.807, 2.05) is 36.4 Å². The van der Waals surface area contributed by atoms with Crippen LogP contribution in [-0.4, -0.2) is 26.5 Å². The maximum atomic E-state index is 13.2. The van der Waals surface area contributed by atoms with Crippen LogP contribution in [0.25, 0.3) is 16.7 Å². The fourth-order valence-electron chi connectivity index (χ4n) is 3.96. The molecule has 1 heterocycles. The largest absolute Gasteiger partial charge is 0.478 e. The predicted octanol–water partition coefficient (Wildman–Crippen LogP) is 7.51. The minimum absolute atomic E-state index is 0.0424. The Kier molecular flexibility index (Phi) is 7.60. The molecule has 0 aliphatic heterocycles. The second-order valence-corrected chi connectivity index (χ2v) is 11.3. The van der Waals surface area contributed by atoms with Gasteiger partial charge in [0.05, 0.1) is 16.4 Å². The summed E-state index contributed by atoms with van der Waals surface area (Å²) in [5, 5.41) is 12.5. The monoisotopic (exact) mass is 518 g/mol. The van der Waals surface area contributed by atoms with E-state index in [2.05, 4.69) is 55.3 Å². The number of carbonyl (C=O) groups excluding carboxylic acids is 1. The fourth-order valence-corrected chi connectivity index (χ4v) is 4.17. The van der Waals surface area contributed by atoms with Gasteiger partial charge in [0.2, 0.25) is 0 Å². The highest BCUT2D eigenvalue weighted by molar-refractivity contribution is 6.34. The van der Waals surface area contributed by atoms with Crippen LogP contribution in [0.1, 0.15) is 65.5 Å². The normalized spacial score (nSPS) is 12.1. The lowest BCUT2D eigenvalue weighted by atomic mass is 9.87. The van der Waals surface area contributed by atoms with E-state index in [0.717, 1.165) is 12.1 Å². The van der Waals surface area contributed by atoms with Crippen LogP contribution in [0.3, 0.4) is 0 Å². The van der Waals surface area contributed by atoms with Gasteiger partial charge in [0, 0.05) is 0 Å². The summed E-state index contributed by atoms with van der Waals surface area (Å²) in [5.74, 6) is 0.307. The topological polar surface area (TPSA) is 69.0 Å². The molecule has 0 radical (unpaired) electrons. The van der Waals surface area contributed by atoms with Crippen LogP contribution in [-0.2, 0) is 16.6 Å². The van der Waals surface area contributed by atoms with Crippen molar-refractivity contribution in [3.05, 3.63) is 76.8 Å². The van der Waals surface area contributed by atoms with Gasteiger partial charge in [-0.25, -0.2) is 0 Å². The number of unbranched alkanes of at least 4 members (excludes halogenated alkanes) is 1. The quantitative estimate of drug-likeness (QED) is 0.262. The number of nitrogens with zero attached hydrogens (tertiary/aromatic N) is 3. The van der Waals surface area contributed by atoms with Crippen molar-refractivity contribution in [2.45, 2.75) is 71.8 Å². The van der Waals surface area contributed by atoms with Crippen LogP contribution in [0.15, 0.2) is 60.7 Å². The van der Waals surface area contributed by atoms with Gasteiger partial charge in [-0.1, -0.05) is 70.0 Å². The molecule has 0 aliphatic carbocycles. The maximum Gasteiger partial charge on any atom is 0.268 e. The van der Waals surface area contributed by atoms with E-state index in [9.17, 15) is 4.79 Å². The Bertz CT molecular complexity index is 1380. The number of aromatic nitrogens is 3. The average molecular weight is 519 g/mol. The Morgan fingerprint density at radius 2 is 1.57 bits per heavy atom. The number of rotatable bonds is 8. The molecule has 0 atom stereocenters. The van der Waals surface area contributed by atoms with Crippen LogP contribution in [0.5, 0.6) is 5.75 Å². The lowest BCUT2D eigenvalue weighted by molar-refractivity contribution is -0.128. The first-order valence-electron chi connectivity index (χ1n) is 12.7. The van der Waals surface area contributed by atoms with Gasteiger partial charge >= 0.3 is 0 Å². The molecule has 194 valence electrons. The predicted molar refractivity (Wildman–Crippen MR) is 151 cm³/mol. The van der Waals surface area contributed by atoms with Crippen molar-refractivity contribution < 1.29 is 9.53 Å². The molecule has 37 heavy (non-hydrogen) atoms. The third-order valence-electron chi connectivity index (χ3n) is 6.34. The number of ether oxygens (including phenoxy) is 1. The highest BCUT2D eigenvalue weighted by Crippen LogP contribution is 2.30. The van der Waals surface area contributed by atoms with Crippen LogP contribution >= 0.6 is 11.6 Å². The summed E-state index contributed by atoms with van der Waals surface area (Å²) in [4.78, 5) is 14.7. The first-order valence-corrected chi connectivity index (χ1v) is 13.1. The summed E-state index contributed by atoms with van der Waals surface area (Å²) in [6.07, 6.45) is 3.40. The summed E-state index contributed by atoms with van der Waals surface area (Å²) in [7, 11) is 0. The Morgan fingerprint density at radius 1 is 0.946 bits per heavy atom. The van der Waals surface area contributed by atoms with Gasteiger partial charge in [0.1, 0.15) is 16.8 Å². The molecule has 6 nitrogen and oxygen atoms in total. The van der Waals surface area contributed by atoms with Crippen molar-refractivity contribution in [2.24, 2.45) is 0 Å². The Morgan fingerprint density at radius 3 is 2.16 bits per heavy atom. The molecule has 0 saturated carbocycles. The molecule has 0 bridgehead atoms. The molecule has 0 fully saturated rings. The van der Waals surface area contributed by atoms with Gasteiger partial charge in [-0.3, -0.25) is 4.79 Å². The van der Waals surface area contributed by atoms with Crippen molar-refractivity contribution in [1.29, 1.82) is 0 Å². The van der Waals surface area contributed by atoms with Gasteiger partial charge in [0.15, 0.2) is 5.60 Å². The first kappa shape index (κ1) is 26.7. The van der Waals surface area contributed by atoms with Gasteiger partial charge < -0.3 is 10.1 Å². The smallest absolute Gasteiger partial charge is 0.268 e. The van der Waals surface area contributed by atoms with Crippen molar-refractivity contribution in [3.8, 4) is 11.4 Å². The molecule has 1 amide bonds. The Balaban J connectivity index is 1.49. The number of nitrogens with one attached hydrogen (secondary N) is 1. The molecule has 4 rings (SSSR count). The van der Waals surface area contributed by atoms with E-state index in [0.29, 0.717) is 27.5 Å². The lowest BCUT2D eigenvalue weighted by Gasteiger charge is -2.26. The number of amides is 1. The van der Waals surface area contributed by atoms with Gasteiger partial charge in [-0.15, -0.1) is 10.2 Å². The summed E-state index contributed by atoms with van der Waals surface area (Å²) < 4.78 is 6.04. The molecule has 7 heteroatoms. The number of hydrogen-bond acceptors (Lipinski definition) is 4. The van der Waals surface area contributed by atoms with Crippen LogP contribution in [0.4, 0.5) is 5.69 Å². The third-order valence-corrected chi connectivity index (χ3v) is 6.66. The average Bonchev–Trinajstić information content (AvgIpc) is 3.25. The van der Waals surface area contributed by atoms with Crippen molar-refractivity contribution in [1.82, 2.24) is 15.0 Å². The Labute approximate surface area is 224 Å². The summed E-state index contributed by atoms with van der Waals surface area (Å²) in [6.45, 7) is 12.1. The van der Waals surface area contributed by atoms with Gasteiger partial charge in [-0.05, 0) is 79.6 Å². The summed E-state index contributed by atoms with van der Waals surface area (Å²) in [6, 6.07) is 19.5. The molecule has 3 aromatic carbocycles. The van der Waals surface area contributed by atoms with Crippen molar-refractivity contribution in [3.63, 3.8) is 0 Å². The van der Waals surface area contributed by atoms with Gasteiger partial charge in [0.25, 0.3) is 5.91 Å². The van der Waals surface area contributed by atoms with Crippen LogP contribution in [0.2, 0.25) is 5.02 Å². The molecule has 1 N–H and O–H groups in total. The van der Waals surface area contributed by atoms with Crippen LogP contribution in [0, 0.1) is 0 Å². The lowest BCUT2D eigenvalue weighted by Crippen LogP contribution is -2.42. The molecule has 1 aromatic heterocycles. The van der Waals surface area contributed by atoms with Gasteiger partial charge in [-0.2, -0.15) is 4.80 Å². The highest BCUT2D eigenvalue weighted by Gasteiger charge is 2.31. The molecule has 0 saturated heterocycles. The number of halogens is 1. The SMILES string of the molecule is CCCCc1ccc(-n2nc3cc(Cl)c(NC(=O)C(C)(C)Oc4ccc(C(C)(C)C)cc4)cc3n2)cc1. The van der Waals surface area contributed by atoms with Crippen molar-refractivity contribution >= 4 is 34.2 Å². The minimum atomic E-state index is -1.13. The van der Waals surface area contributed by atoms with E-state index < -0.39 is 5.60 Å². The zero-order valence-corrected chi connectivity index (χ0v) is 23.2. The molecule has 0 spiro atoms. The van der Waals surface area contributed by atoms with E-state index in [1.54, 1.807) is 30.8 Å². The van der Waals surface area contributed by atoms with Crippen LogP contribution < -0.4 is 10.1 Å². The van der Waals surface area contributed by atoms with E-state index in [4.69, 9.17) is 16.3 Å². The first-order chi connectivity index (χ1) is 17.5. The zero-order chi connectivity index (χ0) is 26.8. The van der Waals surface area contributed by atoms with E-state index >= 15 is 0 Å². The number of aryl methyl sites for hydroxylation is 1. The molecular weight excluding hydrogens is 484 g/mol. The molecular formula is C30H35ClN4O2. The number of benzene rings is 3. The third kappa shape index (κ3) is 6.31. The van der Waals surface area contributed by atoms with Crippen molar-refractivity contribution in [2.75, 3.05) is 5.32 Å². The molecule has 4 aromatic rings. The second-order valence-electron chi connectivity index (χ2n) is 10.9.